The van der Waals surface area contributed by atoms with E-state index in [4.69, 9.17) is 11.6 Å². The van der Waals surface area contributed by atoms with Gasteiger partial charge in [-0.15, -0.1) is 0 Å². The number of hydrogen-bond acceptors (Lipinski definition) is 6. The first kappa shape index (κ1) is 23.1. The van der Waals surface area contributed by atoms with Crippen LogP contribution in [0.1, 0.15) is 47.0 Å². The van der Waals surface area contributed by atoms with Gasteiger partial charge in [0.2, 0.25) is 11.8 Å². The van der Waals surface area contributed by atoms with Gasteiger partial charge in [-0.3, -0.25) is 9.59 Å². The van der Waals surface area contributed by atoms with Crippen LogP contribution in [0.25, 0.3) is 0 Å². The summed E-state index contributed by atoms with van der Waals surface area (Å²) in [6.07, 6.45) is 2.70. The lowest BCUT2D eigenvalue weighted by atomic mass is 9.91. The van der Waals surface area contributed by atoms with Crippen molar-refractivity contribution < 1.29 is 9.59 Å². The minimum absolute atomic E-state index is 0.0211. The Bertz CT molecular complexity index is 779. The summed E-state index contributed by atoms with van der Waals surface area (Å²) in [5.41, 5.74) is -0.0211. The number of anilines is 1. The Morgan fingerprint density at radius 3 is 2.47 bits per heavy atom. The predicted molar refractivity (Wildman–Crippen MR) is 121 cm³/mol. The highest BCUT2D eigenvalue weighted by molar-refractivity contribution is 7.99. The van der Waals surface area contributed by atoms with Crippen LogP contribution in [0.5, 0.6) is 0 Å². The van der Waals surface area contributed by atoms with Gasteiger partial charge in [-0.05, 0) is 25.2 Å². The Hall–Kier alpha value is -1.54. The van der Waals surface area contributed by atoms with E-state index in [1.165, 1.54) is 11.8 Å². The van der Waals surface area contributed by atoms with Gasteiger partial charge in [0, 0.05) is 51.3 Å². The molecule has 30 heavy (non-hydrogen) atoms. The highest BCUT2D eigenvalue weighted by Crippen LogP contribution is 2.26. The number of hydrogen-bond donors (Lipinski definition) is 0. The monoisotopic (exact) mass is 453 g/mol. The zero-order valence-electron chi connectivity index (χ0n) is 18.4. The SMILES string of the molecule is CC1CN(c2cc(Cl)nc(SCC(=O)N3CCCC3)n2)CCN1C(=O)CC(C)(C)C. The molecule has 2 aliphatic rings. The number of halogens is 1. The lowest BCUT2D eigenvalue weighted by Crippen LogP contribution is -2.54. The fraction of sp³-hybridized carbons (Fsp3) is 0.714. The number of carbonyl (C=O) groups excluding carboxylic acids is 2. The first-order valence-electron chi connectivity index (χ1n) is 10.6. The van der Waals surface area contributed by atoms with E-state index in [-0.39, 0.29) is 23.3 Å². The third-order valence-corrected chi connectivity index (χ3v) is 6.42. The number of rotatable bonds is 5. The van der Waals surface area contributed by atoms with Gasteiger partial charge in [-0.1, -0.05) is 44.1 Å². The molecule has 3 rings (SSSR count). The highest BCUT2D eigenvalue weighted by Gasteiger charge is 2.30. The first-order chi connectivity index (χ1) is 14.1. The third kappa shape index (κ3) is 6.23. The summed E-state index contributed by atoms with van der Waals surface area (Å²) in [6, 6.07) is 1.85. The molecule has 2 fully saturated rings. The van der Waals surface area contributed by atoms with Crippen molar-refractivity contribution in [1.82, 2.24) is 19.8 Å². The van der Waals surface area contributed by atoms with Crippen LogP contribution in [0.4, 0.5) is 5.82 Å². The fourth-order valence-corrected chi connectivity index (χ4v) is 4.87. The average molecular weight is 454 g/mol. The number of aromatic nitrogens is 2. The molecular weight excluding hydrogens is 422 g/mol. The first-order valence-corrected chi connectivity index (χ1v) is 12.0. The third-order valence-electron chi connectivity index (χ3n) is 5.40. The molecule has 9 heteroatoms. The molecule has 0 saturated carbocycles. The van der Waals surface area contributed by atoms with Crippen molar-refractivity contribution in [2.24, 2.45) is 5.41 Å². The molecule has 2 amide bonds. The fourth-order valence-electron chi connectivity index (χ4n) is 3.89. The van der Waals surface area contributed by atoms with Gasteiger partial charge >= 0.3 is 0 Å². The summed E-state index contributed by atoms with van der Waals surface area (Å²) in [5, 5.41) is 0.888. The summed E-state index contributed by atoms with van der Waals surface area (Å²) in [6.45, 7) is 12.1. The Labute approximate surface area is 188 Å². The van der Waals surface area contributed by atoms with Gasteiger partial charge in [0.05, 0.1) is 5.75 Å². The van der Waals surface area contributed by atoms with Crippen molar-refractivity contribution >= 4 is 41.0 Å². The summed E-state index contributed by atoms with van der Waals surface area (Å²) >= 11 is 7.58. The summed E-state index contributed by atoms with van der Waals surface area (Å²) < 4.78 is 0. The minimum atomic E-state index is -0.0211. The molecule has 0 aliphatic carbocycles. The van der Waals surface area contributed by atoms with Crippen molar-refractivity contribution in [2.75, 3.05) is 43.4 Å². The largest absolute Gasteiger partial charge is 0.353 e. The molecule has 2 saturated heterocycles. The van der Waals surface area contributed by atoms with E-state index < -0.39 is 0 Å². The zero-order chi connectivity index (χ0) is 21.9. The summed E-state index contributed by atoms with van der Waals surface area (Å²) in [5.74, 6) is 1.40. The van der Waals surface area contributed by atoms with Gasteiger partial charge in [-0.25, -0.2) is 9.97 Å². The minimum Gasteiger partial charge on any atom is -0.353 e. The molecule has 1 unspecified atom stereocenters. The van der Waals surface area contributed by atoms with Crippen molar-refractivity contribution in [3.05, 3.63) is 11.2 Å². The van der Waals surface area contributed by atoms with Crippen molar-refractivity contribution in [2.45, 2.75) is 58.2 Å². The number of amides is 2. The highest BCUT2D eigenvalue weighted by atomic mass is 35.5. The Morgan fingerprint density at radius 1 is 1.13 bits per heavy atom. The van der Waals surface area contributed by atoms with Crippen LogP contribution in [0, 0.1) is 5.41 Å². The quantitative estimate of drug-likeness (QED) is 0.387. The van der Waals surface area contributed by atoms with Gasteiger partial charge in [0.15, 0.2) is 5.16 Å². The Morgan fingerprint density at radius 2 is 1.83 bits per heavy atom. The number of piperazine rings is 1. The second-order valence-corrected chi connectivity index (χ2v) is 10.7. The lowest BCUT2D eigenvalue weighted by molar-refractivity contribution is -0.135. The van der Waals surface area contributed by atoms with Gasteiger partial charge in [-0.2, -0.15) is 0 Å². The average Bonchev–Trinajstić information content (AvgIpc) is 3.19. The number of likely N-dealkylation sites (tertiary alicyclic amines) is 1. The molecule has 3 heterocycles. The maximum atomic E-state index is 12.7. The summed E-state index contributed by atoms with van der Waals surface area (Å²) in [7, 11) is 0. The molecule has 0 spiro atoms. The van der Waals surface area contributed by atoms with Gasteiger partial charge in [0.25, 0.3) is 0 Å². The second kappa shape index (κ2) is 9.73. The van der Waals surface area contributed by atoms with Crippen LogP contribution in [0.3, 0.4) is 0 Å². The summed E-state index contributed by atoms with van der Waals surface area (Å²) in [4.78, 5) is 39.9. The van der Waals surface area contributed by atoms with Gasteiger partial charge in [0.1, 0.15) is 11.0 Å². The lowest BCUT2D eigenvalue weighted by Gasteiger charge is -2.41. The molecule has 1 aromatic rings. The molecule has 1 atom stereocenters. The molecular formula is C21H32ClN5O2S. The van der Waals surface area contributed by atoms with Crippen LogP contribution in [-0.4, -0.2) is 76.1 Å². The molecule has 2 aliphatic heterocycles. The van der Waals surface area contributed by atoms with Crippen LogP contribution < -0.4 is 4.90 Å². The van der Waals surface area contributed by atoms with Crippen molar-refractivity contribution in [1.29, 1.82) is 0 Å². The molecule has 1 aromatic heterocycles. The Kier molecular flexibility index (Phi) is 7.50. The molecule has 7 nitrogen and oxygen atoms in total. The van der Waals surface area contributed by atoms with Crippen molar-refractivity contribution in [3.63, 3.8) is 0 Å². The van der Waals surface area contributed by atoms with E-state index in [9.17, 15) is 9.59 Å². The Balaban J connectivity index is 1.61. The normalized spacial score (nSPS) is 20.0. The standard InChI is InChI=1S/C21H32ClN5O2S/c1-15-13-26(9-10-27(15)18(28)12-21(2,3)4)17-11-16(22)23-20(24-17)30-14-19(29)25-7-5-6-8-25/h11,15H,5-10,12-14H2,1-4H3. The smallest absolute Gasteiger partial charge is 0.233 e. The van der Waals surface area contributed by atoms with Crippen LogP contribution in [-0.2, 0) is 9.59 Å². The number of nitrogens with zero attached hydrogens (tertiary/aromatic N) is 5. The maximum absolute atomic E-state index is 12.7. The van der Waals surface area contributed by atoms with E-state index >= 15 is 0 Å². The van der Waals surface area contributed by atoms with E-state index in [0.29, 0.717) is 42.1 Å². The maximum Gasteiger partial charge on any atom is 0.233 e. The van der Waals surface area contributed by atoms with Crippen LogP contribution in [0.2, 0.25) is 5.15 Å². The topological polar surface area (TPSA) is 69.6 Å². The van der Waals surface area contributed by atoms with E-state index in [2.05, 4.69) is 42.6 Å². The van der Waals surface area contributed by atoms with Gasteiger partial charge < -0.3 is 14.7 Å². The molecule has 0 radical (unpaired) electrons. The number of thioether (sulfide) groups is 1. The molecule has 0 aromatic carbocycles. The second-order valence-electron chi connectivity index (χ2n) is 9.33. The van der Waals surface area contributed by atoms with Crippen LogP contribution in [0.15, 0.2) is 11.2 Å². The van der Waals surface area contributed by atoms with E-state index in [0.717, 1.165) is 31.7 Å². The zero-order valence-corrected chi connectivity index (χ0v) is 19.9. The number of carbonyl (C=O) groups is 2. The predicted octanol–water partition coefficient (Wildman–Crippen LogP) is 3.32. The van der Waals surface area contributed by atoms with Crippen molar-refractivity contribution in [3.8, 4) is 0 Å². The van der Waals surface area contributed by atoms with E-state index in [1.54, 1.807) is 6.07 Å². The van der Waals surface area contributed by atoms with Crippen LogP contribution >= 0.6 is 23.4 Å². The molecule has 0 bridgehead atoms. The van der Waals surface area contributed by atoms with E-state index in [1.807, 2.05) is 9.80 Å². The molecule has 0 N–H and O–H groups in total. The molecule has 166 valence electrons.